The Morgan fingerprint density at radius 3 is 2.22 bits per heavy atom. The zero-order valence-corrected chi connectivity index (χ0v) is 26.6. The van der Waals surface area contributed by atoms with E-state index in [9.17, 15) is 24.6 Å². The second-order valence-corrected chi connectivity index (χ2v) is 14.8. The van der Waals surface area contributed by atoms with Crippen LogP contribution in [0.3, 0.4) is 0 Å². The molecule has 0 amide bonds. The molecule has 2 N–H and O–H groups in total. The normalized spacial score (nSPS) is 39.6. The maximum absolute atomic E-state index is 12.5. The second kappa shape index (κ2) is 10.8. The van der Waals surface area contributed by atoms with Gasteiger partial charge in [-0.2, -0.15) is 0 Å². The van der Waals surface area contributed by atoms with Crippen molar-refractivity contribution in [1.82, 2.24) is 0 Å². The number of aliphatic hydroxyl groups excluding tert-OH is 1. The van der Waals surface area contributed by atoms with Gasteiger partial charge in [0.15, 0.2) is 0 Å². The lowest BCUT2D eigenvalue weighted by Crippen LogP contribution is -2.56. The smallest absolute Gasteiger partial charge is 0.330 e. The number of esters is 2. The van der Waals surface area contributed by atoms with Crippen LogP contribution in [0.1, 0.15) is 114 Å². The second-order valence-electron chi connectivity index (χ2n) is 14.8. The van der Waals surface area contributed by atoms with Crippen LogP contribution >= 0.6 is 0 Å². The largest absolute Gasteiger partial charge is 0.478 e. The summed E-state index contributed by atoms with van der Waals surface area (Å²) in [5.41, 5.74) is 2.47. The van der Waals surface area contributed by atoms with Crippen molar-refractivity contribution < 1.29 is 34.1 Å². The number of carbonyl (C=O) groups excluding carboxylic acids is 2. The molecule has 4 aliphatic carbocycles. The Morgan fingerprint density at radius 2 is 1.63 bits per heavy atom. The number of hydrogen-bond acceptors (Lipinski definition) is 6. The number of carboxylic acids is 1. The van der Waals surface area contributed by atoms with Crippen molar-refractivity contribution in [2.45, 2.75) is 132 Å². The first-order valence-corrected chi connectivity index (χ1v) is 15.6. The molecule has 0 bridgehead atoms. The topological polar surface area (TPSA) is 110 Å². The Kier molecular flexibility index (Phi) is 8.40. The van der Waals surface area contributed by atoms with Crippen molar-refractivity contribution in [3.63, 3.8) is 0 Å². The van der Waals surface area contributed by atoms with E-state index in [1.54, 1.807) is 13.0 Å². The van der Waals surface area contributed by atoms with Gasteiger partial charge in [0, 0.05) is 31.3 Å². The van der Waals surface area contributed by atoms with E-state index in [1.165, 1.54) is 25.0 Å². The Hall–Kier alpha value is -2.15. The van der Waals surface area contributed by atoms with Gasteiger partial charge >= 0.3 is 17.9 Å². The summed E-state index contributed by atoms with van der Waals surface area (Å²) in [5, 5.41) is 20.3. The third-order valence-corrected chi connectivity index (χ3v) is 12.7. The van der Waals surface area contributed by atoms with E-state index in [4.69, 9.17) is 9.47 Å². The SMILES string of the molecule is CC(=O)OC(CC=C(C)C(=O)O)C(C)C1CC(OC(C)=O)C2(C)C3=C(CCC12C)C1(C)CCC(O)C(C)(C)C1CC3. The number of hydrogen-bond donors (Lipinski definition) is 2. The molecular formula is C34H52O7. The molecular weight excluding hydrogens is 520 g/mol. The van der Waals surface area contributed by atoms with Crippen LogP contribution in [0.5, 0.6) is 0 Å². The molecule has 7 nitrogen and oxygen atoms in total. The van der Waals surface area contributed by atoms with Crippen LogP contribution in [0.15, 0.2) is 22.8 Å². The summed E-state index contributed by atoms with van der Waals surface area (Å²) in [5.74, 6) is -1.22. The maximum Gasteiger partial charge on any atom is 0.330 e. The van der Waals surface area contributed by atoms with Crippen molar-refractivity contribution >= 4 is 17.9 Å². The van der Waals surface area contributed by atoms with Gasteiger partial charge < -0.3 is 19.7 Å². The Morgan fingerprint density at radius 1 is 0.976 bits per heavy atom. The highest BCUT2D eigenvalue weighted by atomic mass is 16.5. The number of allylic oxidation sites excluding steroid dienone is 1. The number of ether oxygens (including phenoxy) is 2. The van der Waals surface area contributed by atoms with Crippen molar-refractivity contribution in [3.8, 4) is 0 Å². The van der Waals surface area contributed by atoms with E-state index < -0.39 is 12.1 Å². The Labute approximate surface area is 246 Å². The van der Waals surface area contributed by atoms with Crippen LogP contribution in [0.25, 0.3) is 0 Å². The summed E-state index contributed by atoms with van der Waals surface area (Å²) >= 11 is 0. The molecule has 4 aliphatic rings. The molecule has 0 aromatic rings. The number of rotatable bonds is 7. The van der Waals surface area contributed by atoms with Crippen LogP contribution in [-0.4, -0.2) is 46.4 Å². The predicted octanol–water partition coefficient (Wildman–Crippen LogP) is 6.63. The third-order valence-electron chi connectivity index (χ3n) is 12.7. The van der Waals surface area contributed by atoms with Crippen molar-refractivity contribution in [2.75, 3.05) is 0 Å². The summed E-state index contributed by atoms with van der Waals surface area (Å²) in [6.45, 7) is 18.1. The van der Waals surface area contributed by atoms with Crippen molar-refractivity contribution in [3.05, 3.63) is 22.8 Å². The summed E-state index contributed by atoms with van der Waals surface area (Å²) in [7, 11) is 0. The van der Waals surface area contributed by atoms with E-state index in [0.717, 1.165) is 38.5 Å². The van der Waals surface area contributed by atoms with Gasteiger partial charge in [0.1, 0.15) is 12.2 Å². The molecule has 41 heavy (non-hydrogen) atoms. The van der Waals surface area contributed by atoms with Crippen molar-refractivity contribution in [1.29, 1.82) is 0 Å². The molecule has 0 aromatic heterocycles. The lowest BCUT2D eigenvalue weighted by atomic mass is 9.43. The van der Waals surface area contributed by atoms with Gasteiger partial charge in [0.2, 0.25) is 0 Å². The van der Waals surface area contributed by atoms with E-state index >= 15 is 0 Å². The van der Waals surface area contributed by atoms with Gasteiger partial charge in [-0.25, -0.2) is 4.79 Å². The molecule has 9 atom stereocenters. The van der Waals surface area contributed by atoms with Crippen LogP contribution in [0, 0.1) is 39.4 Å². The molecule has 0 heterocycles. The maximum atomic E-state index is 12.5. The van der Waals surface area contributed by atoms with E-state index in [2.05, 4.69) is 41.5 Å². The average molecular weight is 573 g/mol. The fraction of sp³-hybridized carbons (Fsp3) is 0.794. The minimum Gasteiger partial charge on any atom is -0.478 e. The molecule has 230 valence electrons. The number of aliphatic hydroxyl groups is 1. The van der Waals surface area contributed by atoms with Gasteiger partial charge in [0.05, 0.1) is 6.10 Å². The van der Waals surface area contributed by atoms with E-state index in [-0.39, 0.29) is 63.2 Å². The van der Waals surface area contributed by atoms with E-state index in [1.807, 2.05) is 0 Å². The summed E-state index contributed by atoms with van der Waals surface area (Å²) < 4.78 is 12.0. The zero-order valence-electron chi connectivity index (χ0n) is 26.6. The number of carboxylic acid groups (broad SMARTS) is 1. The van der Waals surface area contributed by atoms with Gasteiger partial charge in [-0.15, -0.1) is 0 Å². The highest BCUT2D eigenvalue weighted by molar-refractivity contribution is 5.85. The zero-order chi connectivity index (χ0) is 30.7. The summed E-state index contributed by atoms with van der Waals surface area (Å²) in [6, 6.07) is 0. The quantitative estimate of drug-likeness (QED) is 0.200. The first kappa shape index (κ1) is 31.8. The molecule has 0 aromatic carbocycles. The van der Waals surface area contributed by atoms with E-state index in [0.29, 0.717) is 18.8 Å². The fourth-order valence-corrected chi connectivity index (χ4v) is 10.1. The van der Waals surface area contributed by atoms with Gasteiger partial charge in [-0.1, -0.05) is 58.8 Å². The molecule has 2 fully saturated rings. The molecule has 2 saturated carbocycles. The molecule has 0 aliphatic heterocycles. The lowest BCUT2D eigenvalue weighted by molar-refractivity contribution is -0.155. The van der Waals surface area contributed by atoms with Crippen LogP contribution < -0.4 is 0 Å². The minimum atomic E-state index is -0.983. The fourth-order valence-electron chi connectivity index (χ4n) is 10.1. The first-order valence-electron chi connectivity index (χ1n) is 15.6. The molecule has 0 spiro atoms. The Bertz CT molecular complexity index is 1150. The highest BCUT2D eigenvalue weighted by Crippen LogP contribution is 2.73. The molecule has 9 unspecified atom stereocenters. The minimum absolute atomic E-state index is 0.00452. The summed E-state index contributed by atoms with van der Waals surface area (Å²) in [4.78, 5) is 36.1. The number of aliphatic carboxylic acids is 1. The third kappa shape index (κ3) is 4.98. The number of carbonyl (C=O) groups is 3. The van der Waals surface area contributed by atoms with Crippen molar-refractivity contribution in [2.24, 2.45) is 39.4 Å². The highest BCUT2D eigenvalue weighted by Gasteiger charge is 2.68. The van der Waals surface area contributed by atoms with Crippen LogP contribution in [0.2, 0.25) is 0 Å². The molecule has 7 heteroatoms. The van der Waals surface area contributed by atoms with Gasteiger partial charge in [-0.05, 0) is 85.9 Å². The molecule has 0 radical (unpaired) electrons. The predicted molar refractivity (Wildman–Crippen MR) is 157 cm³/mol. The van der Waals surface area contributed by atoms with Gasteiger partial charge in [0.25, 0.3) is 0 Å². The molecule has 4 rings (SSSR count). The average Bonchev–Trinajstić information content (AvgIpc) is 3.10. The van der Waals surface area contributed by atoms with Crippen LogP contribution in [-0.2, 0) is 23.9 Å². The Balaban J connectivity index is 1.78. The lowest BCUT2D eigenvalue weighted by Gasteiger charge is -2.62. The summed E-state index contributed by atoms with van der Waals surface area (Å²) in [6.07, 6.45) is 7.21. The number of fused-ring (bicyclic) bond motifs is 4. The standard InChI is InChI=1S/C34H52O7/c1-19(30(38)39)10-12-26(40-21(3)35)20(2)25-18-29(41-22(4)36)34(9)24-11-13-27-31(5,6)28(37)15-16-32(27,7)23(24)14-17-33(25,34)8/h10,20,25-29,37H,11-18H2,1-9H3,(H,38,39). The monoisotopic (exact) mass is 572 g/mol. The van der Waals surface area contributed by atoms with Gasteiger partial charge in [-0.3, -0.25) is 9.59 Å². The first-order chi connectivity index (χ1) is 18.9. The van der Waals surface area contributed by atoms with Crippen LogP contribution in [0.4, 0.5) is 0 Å². The molecule has 0 saturated heterocycles.